The van der Waals surface area contributed by atoms with Crippen LogP contribution in [0, 0.1) is 29.6 Å². The van der Waals surface area contributed by atoms with Gasteiger partial charge in [-0.2, -0.15) is 0 Å². The van der Waals surface area contributed by atoms with Crippen molar-refractivity contribution < 1.29 is 57.8 Å². The van der Waals surface area contributed by atoms with E-state index >= 15 is 0 Å². The number of ketones is 1. The van der Waals surface area contributed by atoms with E-state index < -0.39 is 95.6 Å². The SMILES string of the molecule is CC[C@@H]1OC(=O)[C@H](C)[C@H](O[C@H]2C[C@@](C)(OC)C(C(=O)NCCN)[C@H](C)O2)[C@H](C)[C@@H](OC2O[C@H](C)C[C@H](N(C)C)[C@H]2O)[C@](C)(O)C[C@@H](C)[C@H]2OC1(C)C(=O)[C@@H]2C. The Morgan fingerprint density at radius 3 is 2.25 bits per heavy atom. The molecule has 0 saturated carbocycles. The highest BCUT2D eigenvalue weighted by Crippen LogP contribution is 2.45. The lowest BCUT2D eigenvalue weighted by atomic mass is 9.75. The summed E-state index contributed by atoms with van der Waals surface area (Å²) >= 11 is 0. The first-order valence-corrected chi connectivity index (χ1v) is 20.2. The lowest BCUT2D eigenvalue weighted by molar-refractivity contribution is -0.313. The number of ether oxygens (including phenoxy) is 7. The van der Waals surface area contributed by atoms with Crippen molar-refractivity contribution in [1.29, 1.82) is 0 Å². The maximum atomic E-state index is 14.3. The molecule has 0 aromatic rings. The van der Waals surface area contributed by atoms with Gasteiger partial charge in [0.25, 0.3) is 0 Å². The summed E-state index contributed by atoms with van der Waals surface area (Å²) in [7, 11) is 5.29. The number of amides is 1. The van der Waals surface area contributed by atoms with Gasteiger partial charge in [0.1, 0.15) is 12.2 Å². The van der Waals surface area contributed by atoms with E-state index in [-0.39, 0.29) is 49.1 Å². The van der Waals surface area contributed by atoms with Crippen LogP contribution in [-0.4, -0.2) is 145 Å². The minimum absolute atomic E-state index is 0.128. The highest BCUT2D eigenvalue weighted by Gasteiger charge is 2.59. The van der Waals surface area contributed by atoms with E-state index in [9.17, 15) is 24.6 Å². The number of carbonyl (C=O) groups excluding carboxylic acids is 3. The van der Waals surface area contributed by atoms with E-state index in [0.29, 0.717) is 19.4 Å². The maximum absolute atomic E-state index is 14.3. The minimum atomic E-state index is -1.63. The largest absolute Gasteiger partial charge is 0.459 e. The van der Waals surface area contributed by atoms with Gasteiger partial charge >= 0.3 is 5.97 Å². The van der Waals surface area contributed by atoms with Crippen molar-refractivity contribution in [3.8, 4) is 0 Å². The van der Waals surface area contributed by atoms with Crippen molar-refractivity contribution >= 4 is 17.7 Å². The molecule has 18 atom stereocenters. The Kier molecular flexibility index (Phi) is 15.0. The number of fused-ring (bicyclic) bond motifs is 2. The second-order valence-corrected chi connectivity index (χ2v) is 17.6. The Balaban J connectivity index is 1.80. The Hall–Kier alpha value is -1.79. The number of hydrogen-bond donors (Lipinski definition) is 4. The van der Waals surface area contributed by atoms with Crippen LogP contribution in [0.4, 0.5) is 0 Å². The summed E-state index contributed by atoms with van der Waals surface area (Å²) in [6, 6.07) is -0.287. The molecule has 4 rings (SSSR count). The molecule has 4 fully saturated rings. The second-order valence-electron chi connectivity index (χ2n) is 17.6. The number of rotatable bonds is 10. The lowest BCUT2D eigenvalue weighted by Crippen LogP contribution is -2.61. The van der Waals surface area contributed by atoms with Gasteiger partial charge in [0.05, 0.1) is 53.6 Å². The second kappa shape index (κ2) is 18.0. The zero-order valence-electron chi connectivity index (χ0n) is 35.4. The van der Waals surface area contributed by atoms with Crippen molar-refractivity contribution in [2.75, 3.05) is 34.3 Å². The molecule has 15 heteroatoms. The summed E-state index contributed by atoms with van der Waals surface area (Å²) in [6.07, 6.45) is -6.48. The molecule has 5 N–H and O–H groups in total. The standard InChI is InChI=1S/C40H71N3O12/c1-14-27-40(10)33(45)22(4)31(55-40)20(2)18-38(8,48)34(54-37-30(44)26(43(11)12)17-21(3)50-37)23(5)32(24(6)36(47)52-27)53-28-19-39(9,49-13)29(25(7)51-28)35(46)42-16-15-41/h20-32,34,37,44,48H,14-19,41H2,1-13H3,(H,42,46)/t20-,21-,22-,23+,24-,25+,26+,27+,28+,29?,30-,31-,32-,34-,37?,38-,39-,40?/m1/s1. The predicted molar refractivity (Wildman–Crippen MR) is 202 cm³/mol. The molecule has 2 bridgehead atoms. The van der Waals surface area contributed by atoms with Gasteiger partial charge in [0, 0.05) is 44.5 Å². The third-order valence-electron chi connectivity index (χ3n) is 12.9. The molecule has 0 aliphatic carbocycles. The predicted octanol–water partition coefficient (Wildman–Crippen LogP) is 2.16. The van der Waals surface area contributed by atoms with Crippen molar-refractivity contribution in [2.45, 2.75) is 173 Å². The summed E-state index contributed by atoms with van der Waals surface area (Å²) in [6.45, 7) is 18.5. The highest BCUT2D eigenvalue weighted by atomic mass is 16.7. The quantitative estimate of drug-likeness (QED) is 0.235. The number of methoxy groups -OCH3 is 1. The molecule has 0 aromatic carbocycles. The topological polar surface area (TPSA) is 198 Å². The average molecular weight is 786 g/mol. The van der Waals surface area contributed by atoms with E-state index in [0.717, 1.165) is 0 Å². The van der Waals surface area contributed by atoms with Crippen LogP contribution < -0.4 is 11.1 Å². The molecule has 55 heavy (non-hydrogen) atoms. The first kappa shape index (κ1) is 45.9. The highest BCUT2D eigenvalue weighted by molar-refractivity contribution is 5.92. The van der Waals surface area contributed by atoms with Gasteiger partial charge in [-0.25, -0.2) is 0 Å². The van der Waals surface area contributed by atoms with Gasteiger partial charge in [-0.15, -0.1) is 0 Å². The number of carbonyl (C=O) groups is 3. The number of cyclic esters (lactones) is 1. The molecule has 318 valence electrons. The molecular formula is C40H71N3O12. The summed E-state index contributed by atoms with van der Waals surface area (Å²) in [5, 5.41) is 27.1. The number of aliphatic hydroxyl groups is 2. The van der Waals surface area contributed by atoms with E-state index in [2.05, 4.69) is 5.32 Å². The van der Waals surface area contributed by atoms with Crippen LogP contribution in [0.3, 0.4) is 0 Å². The number of nitrogens with zero attached hydrogens (tertiary/aromatic N) is 1. The minimum Gasteiger partial charge on any atom is -0.459 e. The van der Waals surface area contributed by atoms with E-state index in [1.165, 1.54) is 7.11 Å². The van der Waals surface area contributed by atoms with Gasteiger partial charge in [-0.3, -0.25) is 14.4 Å². The zero-order valence-corrected chi connectivity index (χ0v) is 35.4. The van der Waals surface area contributed by atoms with Gasteiger partial charge in [-0.05, 0) is 80.8 Å². The number of esters is 1. The number of aliphatic hydroxyl groups excluding tert-OH is 1. The van der Waals surface area contributed by atoms with Crippen LogP contribution in [-0.2, 0) is 47.5 Å². The Bertz CT molecular complexity index is 1340. The van der Waals surface area contributed by atoms with Crippen LogP contribution in [0.25, 0.3) is 0 Å². The molecule has 15 nitrogen and oxygen atoms in total. The fraction of sp³-hybridized carbons (Fsp3) is 0.925. The van der Waals surface area contributed by atoms with Crippen LogP contribution in [0.2, 0.25) is 0 Å². The fourth-order valence-electron chi connectivity index (χ4n) is 9.83. The molecule has 0 spiro atoms. The van der Waals surface area contributed by atoms with E-state index in [1.807, 2.05) is 60.5 Å². The summed E-state index contributed by atoms with van der Waals surface area (Å²) in [5.74, 6) is -4.36. The summed E-state index contributed by atoms with van der Waals surface area (Å²) in [4.78, 5) is 43.5. The van der Waals surface area contributed by atoms with Crippen molar-refractivity contribution in [3.05, 3.63) is 0 Å². The van der Waals surface area contributed by atoms with E-state index in [4.69, 9.17) is 38.9 Å². The Morgan fingerprint density at radius 1 is 1.02 bits per heavy atom. The molecule has 3 unspecified atom stereocenters. The molecule has 4 heterocycles. The molecular weight excluding hydrogens is 714 g/mol. The first-order valence-electron chi connectivity index (χ1n) is 20.2. The maximum Gasteiger partial charge on any atom is 0.311 e. The summed E-state index contributed by atoms with van der Waals surface area (Å²) in [5.41, 5.74) is 1.60. The van der Waals surface area contributed by atoms with Crippen molar-refractivity contribution in [3.63, 3.8) is 0 Å². The smallest absolute Gasteiger partial charge is 0.311 e. The normalized spacial score (nSPS) is 47.4. The van der Waals surface area contributed by atoms with Crippen molar-refractivity contribution in [1.82, 2.24) is 10.2 Å². The Morgan fingerprint density at radius 2 is 1.67 bits per heavy atom. The fourth-order valence-corrected chi connectivity index (χ4v) is 9.83. The van der Waals surface area contributed by atoms with E-state index in [1.54, 1.807) is 27.7 Å². The van der Waals surface area contributed by atoms with Gasteiger partial charge in [0.2, 0.25) is 5.91 Å². The van der Waals surface area contributed by atoms with Crippen LogP contribution in [0.15, 0.2) is 0 Å². The summed E-state index contributed by atoms with van der Waals surface area (Å²) < 4.78 is 44.9. The number of Topliss-reactive ketones (excluding diaryl/α,β-unsaturated/α-hetero) is 1. The molecule has 0 radical (unpaired) electrons. The van der Waals surface area contributed by atoms with Crippen molar-refractivity contribution in [2.24, 2.45) is 35.3 Å². The molecule has 0 aromatic heterocycles. The number of likely N-dealkylation sites (N-methyl/N-ethyl adjacent to an activating group) is 1. The lowest BCUT2D eigenvalue weighted by Gasteiger charge is -2.49. The number of nitrogens with one attached hydrogen (secondary N) is 1. The number of hydrogen-bond acceptors (Lipinski definition) is 14. The van der Waals surface area contributed by atoms with Crippen LogP contribution in [0.1, 0.15) is 94.9 Å². The van der Waals surface area contributed by atoms with Gasteiger partial charge in [-0.1, -0.05) is 27.7 Å². The monoisotopic (exact) mass is 786 g/mol. The molecule has 4 saturated heterocycles. The average Bonchev–Trinajstić information content (AvgIpc) is 3.35. The Labute approximate surface area is 327 Å². The van der Waals surface area contributed by atoms with Crippen LogP contribution >= 0.6 is 0 Å². The van der Waals surface area contributed by atoms with Crippen LogP contribution in [0.5, 0.6) is 0 Å². The van der Waals surface area contributed by atoms with Gasteiger partial charge in [0.15, 0.2) is 24.0 Å². The molecule has 1 amide bonds. The zero-order chi connectivity index (χ0) is 41.4. The molecule has 4 aliphatic heterocycles. The third-order valence-corrected chi connectivity index (χ3v) is 12.9. The van der Waals surface area contributed by atoms with Gasteiger partial charge < -0.3 is 59.3 Å². The third kappa shape index (κ3) is 9.42. The first-order chi connectivity index (χ1) is 25.6. The number of nitrogens with two attached hydrogens (primary N) is 1. The molecule has 4 aliphatic rings.